The van der Waals surface area contributed by atoms with Crippen molar-refractivity contribution < 1.29 is 4.79 Å². The molecule has 15 heavy (non-hydrogen) atoms. The molecule has 0 fully saturated rings. The van der Waals surface area contributed by atoms with Crippen LogP contribution in [-0.4, -0.2) is 15.8 Å². The zero-order valence-electron chi connectivity index (χ0n) is 8.97. The van der Waals surface area contributed by atoms with Crippen molar-refractivity contribution in [1.29, 1.82) is 0 Å². The number of fused-ring (bicyclic) bond motifs is 1. The van der Waals surface area contributed by atoms with Gasteiger partial charge in [-0.3, -0.25) is 0 Å². The number of nitrogens with zero attached hydrogens (tertiary/aromatic N) is 2. The van der Waals surface area contributed by atoms with Crippen LogP contribution in [-0.2, 0) is 11.2 Å². The third-order valence-electron chi connectivity index (χ3n) is 2.51. The molecular formula is C12H14N2O. The lowest BCUT2D eigenvalue weighted by Crippen LogP contribution is -1.98. The Morgan fingerprint density at radius 1 is 1.47 bits per heavy atom. The molecule has 2 rings (SSSR count). The molecule has 1 aromatic heterocycles. The number of hydrogen-bond acceptors (Lipinski definition) is 2. The molecule has 78 valence electrons. The van der Waals surface area contributed by atoms with E-state index in [4.69, 9.17) is 0 Å². The van der Waals surface area contributed by atoms with Crippen LogP contribution in [0, 0.1) is 0 Å². The van der Waals surface area contributed by atoms with Crippen molar-refractivity contribution in [3.63, 3.8) is 0 Å². The number of rotatable bonds is 3. The van der Waals surface area contributed by atoms with Gasteiger partial charge in [-0.05, 0) is 31.5 Å². The third-order valence-corrected chi connectivity index (χ3v) is 2.51. The molecule has 3 nitrogen and oxygen atoms in total. The molecule has 0 radical (unpaired) electrons. The number of aldehydes is 1. The van der Waals surface area contributed by atoms with Crippen molar-refractivity contribution in [2.24, 2.45) is 0 Å². The van der Waals surface area contributed by atoms with Gasteiger partial charge in [0, 0.05) is 12.5 Å². The molecule has 1 heterocycles. The van der Waals surface area contributed by atoms with Crippen molar-refractivity contribution >= 4 is 17.3 Å². The van der Waals surface area contributed by atoms with Crippen molar-refractivity contribution in [3.8, 4) is 0 Å². The molecule has 0 saturated carbocycles. The van der Waals surface area contributed by atoms with Crippen molar-refractivity contribution in [2.45, 2.75) is 26.3 Å². The number of carbonyl (C=O) groups is 1. The van der Waals surface area contributed by atoms with Crippen LogP contribution in [0.5, 0.6) is 0 Å². The summed E-state index contributed by atoms with van der Waals surface area (Å²) in [7, 11) is 0. The Bertz CT molecular complexity index is 485. The van der Waals surface area contributed by atoms with Crippen LogP contribution in [0.15, 0.2) is 24.5 Å². The van der Waals surface area contributed by atoms with Gasteiger partial charge in [-0.25, -0.2) is 4.98 Å². The lowest BCUT2D eigenvalue weighted by Gasteiger charge is -2.07. The number of aromatic nitrogens is 2. The second-order valence-electron chi connectivity index (χ2n) is 3.94. The van der Waals surface area contributed by atoms with Gasteiger partial charge in [0.2, 0.25) is 0 Å². The van der Waals surface area contributed by atoms with Crippen LogP contribution in [0.1, 0.15) is 25.5 Å². The molecule has 0 amide bonds. The van der Waals surface area contributed by atoms with Gasteiger partial charge in [0.15, 0.2) is 0 Å². The number of carbonyl (C=O) groups excluding carboxylic acids is 1. The predicted molar refractivity (Wildman–Crippen MR) is 59.9 cm³/mol. The second kappa shape index (κ2) is 3.85. The quantitative estimate of drug-likeness (QED) is 0.716. The lowest BCUT2D eigenvalue weighted by atomic mass is 10.1. The average molecular weight is 202 g/mol. The maximum atomic E-state index is 10.4. The largest absolute Gasteiger partial charge is 0.328 e. The normalized spacial score (nSPS) is 11.1. The number of benzene rings is 1. The van der Waals surface area contributed by atoms with E-state index in [0.717, 1.165) is 22.9 Å². The van der Waals surface area contributed by atoms with E-state index in [1.807, 2.05) is 24.5 Å². The molecule has 2 aromatic rings. The van der Waals surface area contributed by atoms with Crippen molar-refractivity contribution in [1.82, 2.24) is 9.55 Å². The Morgan fingerprint density at radius 2 is 2.27 bits per heavy atom. The Hall–Kier alpha value is -1.64. The van der Waals surface area contributed by atoms with E-state index in [1.54, 1.807) is 0 Å². The molecule has 0 N–H and O–H groups in total. The summed E-state index contributed by atoms with van der Waals surface area (Å²) in [4.78, 5) is 14.7. The highest BCUT2D eigenvalue weighted by atomic mass is 16.1. The van der Waals surface area contributed by atoms with Gasteiger partial charge in [-0.15, -0.1) is 0 Å². The summed E-state index contributed by atoms with van der Waals surface area (Å²) in [6.45, 7) is 4.25. The number of hydrogen-bond donors (Lipinski definition) is 0. The predicted octanol–water partition coefficient (Wildman–Crippen LogP) is 2.36. The zero-order chi connectivity index (χ0) is 10.8. The maximum Gasteiger partial charge on any atom is 0.124 e. The second-order valence-corrected chi connectivity index (χ2v) is 3.94. The molecular weight excluding hydrogens is 188 g/mol. The van der Waals surface area contributed by atoms with Gasteiger partial charge < -0.3 is 9.36 Å². The summed E-state index contributed by atoms with van der Waals surface area (Å²) in [6, 6.07) is 6.40. The molecule has 0 atom stereocenters. The smallest absolute Gasteiger partial charge is 0.124 e. The van der Waals surface area contributed by atoms with Crippen LogP contribution in [0.2, 0.25) is 0 Å². The summed E-state index contributed by atoms with van der Waals surface area (Å²) < 4.78 is 2.13. The molecule has 1 aromatic carbocycles. The van der Waals surface area contributed by atoms with Gasteiger partial charge in [-0.2, -0.15) is 0 Å². The molecule has 0 aliphatic heterocycles. The molecule has 0 aliphatic rings. The van der Waals surface area contributed by atoms with Crippen molar-refractivity contribution in [2.75, 3.05) is 0 Å². The maximum absolute atomic E-state index is 10.4. The SMILES string of the molecule is CC(C)n1cnc2cc(CC=O)ccc21. The fourth-order valence-electron chi connectivity index (χ4n) is 1.71. The fourth-order valence-corrected chi connectivity index (χ4v) is 1.71. The zero-order valence-corrected chi connectivity index (χ0v) is 8.97. The van der Waals surface area contributed by atoms with Crippen LogP contribution in [0.3, 0.4) is 0 Å². The highest BCUT2D eigenvalue weighted by Gasteiger charge is 2.05. The van der Waals surface area contributed by atoms with E-state index in [2.05, 4.69) is 23.4 Å². The fraction of sp³-hybridized carbons (Fsp3) is 0.333. The highest BCUT2D eigenvalue weighted by molar-refractivity contribution is 5.77. The van der Waals surface area contributed by atoms with E-state index in [1.165, 1.54) is 0 Å². The monoisotopic (exact) mass is 202 g/mol. The van der Waals surface area contributed by atoms with Gasteiger partial charge in [0.25, 0.3) is 0 Å². The Kier molecular flexibility index (Phi) is 2.54. The number of imidazole rings is 1. The van der Waals surface area contributed by atoms with Crippen LogP contribution < -0.4 is 0 Å². The molecule has 0 bridgehead atoms. The summed E-state index contributed by atoms with van der Waals surface area (Å²) in [5.74, 6) is 0. The first-order valence-electron chi connectivity index (χ1n) is 5.11. The topological polar surface area (TPSA) is 34.9 Å². The van der Waals surface area contributed by atoms with E-state index >= 15 is 0 Å². The van der Waals surface area contributed by atoms with Crippen LogP contribution in [0.25, 0.3) is 11.0 Å². The first-order valence-corrected chi connectivity index (χ1v) is 5.11. The van der Waals surface area contributed by atoms with Crippen molar-refractivity contribution in [3.05, 3.63) is 30.1 Å². The van der Waals surface area contributed by atoms with Crippen LogP contribution >= 0.6 is 0 Å². The molecule has 0 spiro atoms. The molecule has 3 heteroatoms. The first kappa shape index (κ1) is 9.90. The van der Waals surface area contributed by atoms with Gasteiger partial charge in [-0.1, -0.05) is 6.07 Å². The summed E-state index contributed by atoms with van der Waals surface area (Å²) in [6.07, 6.45) is 3.23. The molecule has 0 unspecified atom stereocenters. The standard InChI is InChI=1S/C12H14N2O/c1-9(2)14-8-13-11-7-10(5-6-15)3-4-12(11)14/h3-4,6-9H,5H2,1-2H3. The Balaban J connectivity index is 2.51. The summed E-state index contributed by atoms with van der Waals surface area (Å²) in [5.41, 5.74) is 3.11. The van der Waals surface area contributed by atoms with Gasteiger partial charge in [0.1, 0.15) is 6.29 Å². The Labute approximate surface area is 88.7 Å². The summed E-state index contributed by atoms with van der Waals surface area (Å²) in [5, 5.41) is 0. The minimum atomic E-state index is 0.409. The third kappa shape index (κ3) is 1.77. The van der Waals surface area contributed by atoms with E-state index < -0.39 is 0 Å². The lowest BCUT2D eigenvalue weighted by molar-refractivity contribution is -0.107. The molecule has 0 saturated heterocycles. The van der Waals surface area contributed by atoms with Gasteiger partial charge in [0.05, 0.1) is 17.4 Å². The Morgan fingerprint density at radius 3 is 2.93 bits per heavy atom. The minimum absolute atomic E-state index is 0.409. The first-order chi connectivity index (χ1) is 7.22. The van der Waals surface area contributed by atoms with E-state index in [9.17, 15) is 4.79 Å². The van der Waals surface area contributed by atoms with Crippen LogP contribution in [0.4, 0.5) is 0 Å². The average Bonchev–Trinajstić information content (AvgIpc) is 2.61. The van der Waals surface area contributed by atoms with E-state index in [-0.39, 0.29) is 0 Å². The summed E-state index contributed by atoms with van der Waals surface area (Å²) >= 11 is 0. The minimum Gasteiger partial charge on any atom is -0.328 e. The molecule has 0 aliphatic carbocycles. The highest BCUT2D eigenvalue weighted by Crippen LogP contribution is 2.18. The van der Waals surface area contributed by atoms with Gasteiger partial charge >= 0.3 is 0 Å². The van der Waals surface area contributed by atoms with E-state index in [0.29, 0.717) is 12.5 Å².